The van der Waals surface area contributed by atoms with Gasteiger partial charge in [-0.15, -0.1) is 0 Å². The van der Waals surface area contributed by atoms with Crippen molar-refractivity contribution < 1.29 is 0 Å². The second kappa shape index (κ2) is 7.21. The van der Waals surface area contributed by atoms with Crippen LogP contribution in [0.25, 0.3) is 0 Å². The Balaban J connectivity index is 1.99. The van der Waals surface area contributed by atoms with Crippen molar-refractivity contribution in [3.63, 3.8) is 0 Å². The van der Waals surface area contributed by atoms with Gasteiger partial charge in [-0.25, -0.2) is 0 Å². The highest BCUT2D eigenvalue weighted by atomic mass is 15.3. The predicted molar refractivity (Wildman–Crippen MR) is 86.3 cm³/mol. The van der Waals surface area contributed by atoms with Crippen LogP contribution in [0.2, 0.25) is 0 Å². The molecule has 1 heterocycles. The van der Waals surface area contributed by atoms with Gasteiger partial charge in [0.25, 0.3) is 0 Å². The fourth-order valence-corrected chi connectivity index (χ4v) is 3.11. The number of benzene rings is 1. The maximum atomic E-state index is 3.50. The van der Waals surface area contributed by atoms with Gasteiger partial charge in [0.2, 0.25) is 0 Å². The fraction of sp³-hybridized carbons (Fsp3) is 0.647. The van der Waals surface area contributed by atoms with E-state index in [1.165, 1.54) is 49.4 Å². The second-order valence-corrected chi connectivity index (χ2v) is 5.94. The van der Waals surface area contributed by atoms with Crippen LogP contribution >= 0.6 is 0 Å². The Morgan fingerprint density at radius 2 is 1.75 bits per heavy atom. The van der Waals surface area contributed by atoms with Crippen molar-refractivity contribution in [2.45, 2.75) is 26.8 Å². The number of hydrogen-bond donors (Lipinski definition) is 1. The summed E-state index contributed by atoms with van der Waals surface area (Å²) in [6, 6.07) is 7.23. The molecule has 0 bridgehead atoms. The summed E-state index contributed by atoms with van der Waals surface area (Å²) in [5.41, 5.74) is 4.19. The minimum absolute atomic E-state index is 0.434. The molecule has 0 amide bonds. The van der Waals surface area contributed by atoms with E-state index in [9.17, 15) is 0 Å². The largest absolute Gasteiger partial charge is 0.312 e. The van der Waals surface area contributed by atoms with Crippen LogP contribution in [-0.2, 0) is 0 Å². The molecule has 1 unspecified atom stereocenters. The van der Waals surface area contributed by atoms with E-state index >= 15 is 0 Å². The first-order chi connectivity index (χ1) is 9.63. The zero-order chi connectivity index (χ0) is 14.5. The quantitative estimate of drug-likeness (QED) is 0.889. The number of hydrogen-bond acceptors (Lipinski definition) is 3. The number of aryl methyl sites for hydroxylation is 2. The first-order valence-electron chi connectivity index (χ1n) is 7.83. The van der Waals surface area contributed by atoms with Crippen LogP contribution in [0.4, 0.5) is 0 Å². The number of nitrogens with zero attached hydrogens (tertiary/aromatic N) is 2. The van der Waals surface area contributed by atoms with E-state index in [0.29, 0.717) is 6.04 Å². The van der Waals surface area contributed by atoms with Crippen molar-refractivity contribution in [3.05, 3.63) is 34.9 Å². The van der Waals surface area contributed by atoms with E-state index in [0.717, 1.165) is 6.54 Å². The Bertz CT molecular complexity index is 422. The highest BCUT2D eigenvalue weighted by Crippen LogP contribution is 2.20. The molecule has 1 aromatic carbocycles. The van der Waals surface area contributed by atoms with Crippen LogP contribution in [0.3, 0.4) is 0 Å². The fourth-order valence-electron chi connectivity index (χ4n) is 3.11. The first kappa shape index (κ1) is 15.5. The van der Waals surface area contributed by atoms with Gasteiger partial charge in [0.1, 0.15) is 0 Å². The SMILES string of the molecule is CCN1CCN(CC(NC)c2ccc(C)cc2C)CC1. The molecule has 3 nitrogen and oxygen atoms in total. The first-order valence-corrected chi connectivity index (χ1v) is 7.83. The lowest BCUT2D eigenvalue weighted by Crippen LogP contribution is -2.48. The molecule has 0 radical (unpaired) electrons. The maximum Gasteiger partial charge on any atom is 0.0449 e. The van der Waals surface area contributed by atoms with E-state index in [-0.39, 0.29) is 0 Å². The molecule has 1 fully saturated rings. The third-order valence-electron chi connectivity index (χ3n) is 4.50. The molecule has 1 atom stereocenters. The van der Waals surface area contributed by atoms with Gasteiger partial charge in [-0.05, 0) is 38.6 Å². The van der Waals surface area contributed by atoms with Crippen molar-refractivity contribution in [2.24, 2.45) is 0 Å². The molecular weight excluding hydrogens is 246 g/mol. The van der Waals surface area contributed by atoms with Crippen LogP contribution in [0.1, 0.15) is 29.7 Å². The molecule has 0 saturated carbocycles. The van der Waals surface area contributed by atoms with Crippen LogP contribution in [0.5, 0.6) is 0 Å². The monoisotopic (exact) mass is 275 g/mol. The lowest BCUT2D eigenvalue weighted by Gasteiger charge is -2.36. The van der Waals surface area contributed by atoms with Gasteiger partial charge in [-0.2, -0.15) is 0 Å². The Morgan fingerprint density at radius 1 is 1.10 bits per heavy atom. The van der Waals surface area contributed by atoms with Gasteiger partial charge in [0.15, 0.2) is 0 Å². The van der Waals surface area contributed by atoms with Crippen LogP contribution in [-0.4, -0.2) is 56.1 Å². The summed E-state index contributed by atoms with van der Waals surface area (Å²) in [4.78, 5) is 5.12. The van der Waals surface area contributed by atoms with Gasteiger partial charge in [0.05, 0.1) is 0 Å². The lowest BCUT2D eigenvalue weighted by molar-refractivity contribution is 0.128. The number of rotatable bonds is 5. The zero-order valence-corrected chi connectivity index (χ0v) is 13.4. The van der Waals surface area contributed by atoms with Gasteiger partial charge in [-0.1, -0.05) is 30.7 Å². The third kappa shape index (κ3) is 3.81. The number of nitrogens with one attached hydrogen (secondary N) is 1. The van der Waals surface area contributed by atoms with E-state index in [2.05, 4.69) is 61.1 Å². The van der Waals surface area contributed by atoms with E-state index < -0.39 is 0 Å². The highest BCUT2D eigenvalue weighted by molar-refractivity contribution is 5.33. The van der Waals surface area contributed by atoms with Crippen LogP contribution in [0.15, 0.2) is 18.2 Å². The molecule has 0 aromatic heterocycles. The van der Waals surface area contributed by atoms with Crippen molar-refractivity contribution in [3.8, 4) is 0 Å². The molecule has 0 aliphatic carbocycles. The Hall–Kier alpha value is -0.900. The van der Waals surface area contributed by atoms with Gasteiger partial charge in [-0.3, -0.25) is 4.90 Å². The second-order valence-electron chi connectivity index (χ2n) is 5.94. The maximum absolute atomic E-state index is 3.50. The number of likely N-dealkylation sites (N-methyl/N-ethyl adjacent to an activating group) is 2. The normalized spacial score (nSPS) is 19.2. The summed E-state index contributed by atoms with van der Waals surface area (Å²) < 4.78 is 0. The third-order valence-corrected chi connectivity index (χ3v) is 4.50. The zero-order valence-electron chi connectivity index (χ0n) is 13.4. The molecule has 2 rings (SSSR count). The predicted octanol–water partition coefficient (Wildman–Crippen LogP) is 2.20. The molecule has 0 spiro atoms. The van der Waals surface area contributed by atoms with Crippen LogP contribution in [0, 0.1) is 13.8 Å². The Kier molecular flexibility index (Phi) is 5.58. The summed E-state index contributed by atoms with van der Waals surface area (Å²) in [6.45, 7) is 13.7. The summed E-state index contributed by atoms with van der Waals surface area (Å²) in [7, 11) is 2.08. The molecule has 1 N–H and O–H groups in total. The van der Waals surface area contributed by atoms with E-state index in [1.807, 2.05) is 0 Å². The standard InChI is InChI=1S/C17H29N3/c1-5-19-8-10-20(11-9-19)13-17(18-4)16-7-6-14(2)12-15(16)3/h6-7,12,17-18H,5,8-11,13H2,1-4H3. The average molecular weight is 275 g/mol. The van der Waals surface area contributed by atoms with Crippen LogP contribution < -0.4 is 5.32 Å². The lowest BCUT2D eigenvalue weighted by atomic mass is 9.98. The van der Waals surface area contributed by atoms with Gasteiger partial charge in [0, 0.05) is 38.8 Å². The summed E-state index contributed by atoms with van der Waals surface area (Å²) in [5, 5.41) is 3.50. The topological polar surface area (TPSA) is 18.5 Å². The minimum atomic E-state index is 0.434. The smallest absolute Gasteiger partial charge is 0.0449 e. The van der Waals surface area contributed by atoms with Crippen molar-refractivity contribution in [2.75, 3.05) is 46.3 Å². The molecule has 1 aromatic rings. The summed E-state index contributed by atoms with van der Waals surface area (Å²) >= 11 is 0. The Morgan fingerprint density at radius 3 is 2.30 bits per heavy atom. The highest BCUT2D eigenvalue weighted by Gasteiger charge is 2.20. The molecule has 112 valence electrons. The molecule has 1 aliphatic rings. The Labute approximate surface area is 124 Å². The molecule has 20 heavy (non-hydrogen) atoms. The molecule has 1 aliphatic heterocycles. The molecular formula is C17H29N3. The van der Waals surface area contributed by atoms with Crippen molar-refractivity contribution in [1.29, 1.82) is 0 Å². The van der Waals surface area contributed by atoms with E-state index in [1.54, 1.807) is 0 Å². The van der Waals surface area contributed by atoms with E-state index in [4.69, 9.17) is 0 Å². The van der Waals surface area contributed by atoms with Crippen molar-refractivity contribution >= 4 is 0 Å². The van der Waals surface area contributed by atoms with Gasteiger partial charge < -0.3 is 10.2 Å². The summed E-state index contributed by atoms with van der Waals surface area (Å²) in [5.74, 6) is 0. The molecule has 1 saturated heterocycles. The summed E-state index contributed by atoms with van der Waals surface area (Å²) in [6.07, 6.45) is 0. The minimum Gasteiger partial charge on any atom is -0.312 e. The van der Waals surface area contributed by atoms with Crippen molar-refractivity contribution in [1.82, 2.24) is 15.1 Å². The number of piperazine rings is 1. The molecule has 3 heteroatoms. The average Bonchev–Trinajstić information content (AvgIpc) is 2.46. The van der Waals surface area contributed by atoms with Gasteiger partial charge >= 0.3 is 0 Å².